The van der Waals surface area contributed by atoms with Gasteiger partial charge in [-0.3, -0.25) is 0 Å². The molecule has 0 bridgehead atoms. The van der Waals surface area contributed by atoms with E-state index in [0.29, 0.717) is 0 Å². The SMILES string of the molecule is CC(NCCCN1CCN(C)CC1)c1ccc(Cl)c(F)c1. The average Bonchev–Trinajstić information content (AvgIpc) is 2.48. The van der Waals surface area contributed by atoms with Crippen LogP contribution in [0.3, 0.4) is 0 Å². The van der Waals surface area contributed by atoms with Crippen LogP contribution < -0.4 is 5.32 Å². The molecule has 0 spiro atoms. The summed E-state index contributed by atoms with van der Waals surface area (Å²) in [6.07, 6.45) is 1.12. The molecular weight excluding hydrogens is 289 g/mol. The molecule has 0 radical (unpaired) electrons. The highest BCUT2D eigenvalue weighted by molar-refractivity contribution is 6.30. The van der Waals surface area contributed by atoms with Crippen LogP contribution in [0.2, 0.25) is 5.02 Å². The molecule has 1 aliphatic rings. The molecule has 118 valence electrons. The van der Waals surface area contributed by atoms with Crippen molar-refractivity contribution in [1.82, 2.24) is 15.1 Å². The third-order valence-electron chi connectivity index (χ3n) is 4.14. The van der Waals surface area contributed by atoms with Gasteiger partial charge in [-0.1, -0.05) is 17.7 Å². The van der Waals surface area contributed by atoms with E-state index in [2.05, 4.69) is 29.1 Å². The normalized spacial score (nSPS) is 18.9. The summed E-state index contributed by atoms with van der Waals surface area (Å²) < 4.78 is 13.4. The fraction of sp³-hybridized carbons (Fsp3) is 0.625. The van der Waals surface area contributed by atoms with Crippen molar-refractivity contribution in [2.75, 3.05) is 46.3 Å². The second-order valence-electron chi connectivity index (χ2n) is 5.85. The molecule has 3 nitrogen and oxygen atoms in total. The standard InChI is InChI=1S/C16H25ClFN3/c1-13(14-4-5-15(17)16(18)12-14)19-6-3-7-21-10-8-20(2)9-11-21/h4-5,12-13,19H,3,6-11H2,1-2H3. The molecule has 5 heteroatoms. The second-order valence-corrected chi connectivity index (χ2v) is 6.26. The summed E-state index contributed by atoms with van der Waals surface area (Å²) in [6.45, 7) is 8.77. The van der Waals surface area contributed by atoms with Crippen LogP contribution in [-0.2, 0) is 0 Å². The maximum atomic E-state index is 13.4. The molecule has 2 rings (SSSR count). The van der Waals surface area contributed by atoms with E-state index in [0.717, 1.165) is 51.3 Å². The minimum Gasteiger partial charge on any atom is -0.310 e. The van der Waals surface area contributed by atoms with Crippen LogP contribution in [-0.4, -0.2) is 56.1 Å². The van der Waals surface area contributed by atoms with Gasteiger partial charge in [0.2, 0.25) is 0 Å². The van der Waals surface area contributed by atoms with E-state index in [1.807, 2.05) is 6.07 Å². The van der Waals surface area contributed by atoms with Gasteiger partial charge in [-0.2, -0.15) is 0 Å². The summed E-state index contributed by atoms with van der Waals surface area (Å²) >= 11 is 5.70. The lowest BCUT2D eigenvalue weighted by Crippen LogP contribution is -2.45. The summed E-state index contributed by atoms with van der Waals surface area (Å²) in [5, 5.41) is 3.63. The molecule has 0 aromatic heterocycles. The maximum Gasteiger partial charge on any atom is 0.142 e. The number of likely N-dealkylation sites (N-methyl/N-ethyl adjacent to an activating group) is 1. The number of hydrogen-bond donors (Lipinski definition) is 1. The number of nitrogens with zero attached hydrogens (tertiary/aromatic N) is 2. The maximum absolute atomic E-state index is 13.4. The number of rotatable bonds is 6. The molecule has 0 amide bonds. The monoisotopic (exact) mass is 313 g/mol. The Morgan fingerprint density at radius 1 is 1.29 bits per heavy atom. The number of nitrogens with one attached hydrogen (secondary N) is 1. The Labute approximate surface area is 132 Å². The van der Waals surface area contributed by atoms with Crippen LogP contribution in [0, 0.1) is 5.82 Å². The zero-order chi connectivity index (χ0) is 15.2. The van der Waals surface area contributed by atoms with Gasteiger partial charge in [-0.15, -0.1) is 0 Å². The first-order valence-electron chi connectivity index (χ1n) is 7.65. The molecule has 1 atom stereocenters. The molecule has 1 aromatic carbocycles. The quantitative estimate of drug-likeness (QED) is 0.815. The molecular formula is C16H25ClFN3. The van der Waals surface area contributed by atoms with Crippen molar-refractivity contribution in [2.45, 2.75) is 19.4 Å². The summed E-state index contributed by atoms with van der Waals surface area (Å²) in [5.74, 6) is -0.347. The van der Waals surface area contributed by atoms with Gasteiger partial charge in [-0.05, 0) is 51.2 Å². The topological polar surface area (TPSA) is 18.5 Å². The second kappa shape index (κ2) is 8.08. The van der Waals surface area contributed by atoms with E-state index in [1.54, 1.807) is 6.07 Å². The number of hydrogen-bond acceptors (Lipinski definition) is 3. The predicted molar refractivity (Wildman–Crippen MR) is 86.4 cm³/mol. The lowest BCUT2D eigenvalue weighted by molar-refractivity contribution is 0.152. The summed E-state index contributed by atoms with van der Waals surface area (Å²) in [5.41, 5.74) is 0.941. The van der Waals surface area contributed by atoms with Gasteiger partial charge >= 0.3 is 0 Å². The van der Waals surface area contributed by atoms with E-state index in [-0.39, 0.29) is 16.9 Å². The molecule has 1 unspecified atom stereocenters. The molecule has 0 saturated carbocycles. The fourth-order valence-corrected chi connectivity index (χ4v) is 2.71. The Morgan fingerprint density at radius 3 is 2.67 bits per heavy atom. The zero-order valence-electron chi connectivity index (χ0n) is 12.9. The van der Waals surface area contributed by atoms with Gasteiger partial charge in [0.05, 0.1) is 5.02 Å². The van der Waals surface area contributed by atoms with Crippen molar-refractivity contribution >= 4 is 11.6 Å². The molecule has 1 N–H and O–H groups in total. The summed E-state index contributed by atoms with van der Waals surface area (Å²) in [7, 11) is 2.17. The zero-order valence-corrected chi connectivity index (χ0v) is 13.7. The summed E-state index contributed by atoms with van der Waals surface area (Å²) in [4.78, 5) is 4.88. The third-order valence-corrected chi connectivity index (χ3v) is 4.45. The van der Waals surface area contributed by atoms with Gasteiger partial charge in [0, 0.05) is 32.2 Å². The van der Waals surface area contributed by atoms with Crippen LogP contribution >= 0.6 is 11.6 Å². The molecule has 1 saturated heterocycles. The van der Waals surface area contributed by atoms with E-state index in [1.165, 1.54) is 6.07 Å². The van der Waals surface area contributed by atoms with Crippen LogP contribution in [0.4, 0.5) is 4.39 Å². The Balaban J connectivity index is 1.67. The van der Waals surface area contributed by atoms with Crippen LogP contribution in [0.25, 0.3) is 0 Å². The van der Waals surface area contributed by atoms with Crippen LogP contribution in [0.5, 0.6) is 0 Å². The van der Waals surface area contributed by atoms with Gasteiger partial charge < -0.3 is 15.1 Å². The van der Waals surface area contributed by atoms with Gasteiger partial charge in [-0.25, -0.2) is 4.39 Å². The van der Waals surface area contributed by atoms with Crippen molar-refractivity contribution in [1.29, 1.82) is 0 Å². The molecule has 1 aliphatic heterocycles. The summed E-state index contributed by atoms with van der Waals surface area (Å²) in [6, 6.07) is 5.16. The third kappa shape index (κ3) is 5.22. The largest absolute Gasteiger partial charge is 0.310 e. The molecule has 1 aromatic rings. The Kier molecular flexibility index (Phi) is 6.42. The van der Waals surface area contributed by atoms with Crippen molar-refractivity contribution in [3.63, 3.8) is 0 Å². The highest BCUT2D eigenvalue weighted by atomic mass is 35.5. The predicted octanol–water partition coefficient (Wildman–Crippen LogP) is 2.77. The highest BCUT2D eigenvalue weighted by Gasteiger charge is 2.13. The van der Waals surface area contributed by atoms with Crippen molar-refractivity contribution in [3.05, 3.63) is 34.6 Å². The number of piperazine rings is 1. The van der Waals surface area contributed by atoms with Crippen molar-refractivity contribution < 1.29 is 4.39 Å². The van der Waals surface area contributed by atoms with Crippen LogP contribution in [0.15, 0.2) is 18.2 Å². The van der Waals surface area contributed by atoms with Gasteiger partial charge in [0.1, 0.15) is 5.82 Å². The first-order chi connectivity index (χ1) is 10.1. The first-order valence-corrected chi connectivity index (χ1v) is 8.03. The fourth-order valence-electron chi connectivity index (χ4n) is 2.59. The lowest BCUT2D eigenvalue weighted by atomic mass is 10.1. The van der Waals surface area contributed by atoms with E-state index >= 15 is 0 Å². The van der Waals surface area contributed by atoms with E-state index in [4.69, 9.17) is 11.6 Å². The lowest BCUT2D eigenvalue weighted by Gasteiger charge is -2.32. The Hall–Kier alpha value is -0.680. The number of benzene rings is 1. The van der Waals surface area contributed by atoms with Gasteiger partial charge in [0.15, 0.2) is 0 Å². The van der Waals surface area contributed by atoms with E-state index in [9.17, 15) is 4.39 Å². The highest BCUT2D eigenvalue weighted by Crippen LogP contribution is 2.19. The van der Waals surface area contributed by atoms with Crippen LogP contribution in [0.1, 0.15) is 24.9 Å². The average molecular weight is 314 g/mol. The number of halogens is 2. The Bertz CT molecular complexity index is 447. The molecule has 0 aliphatic carbocycles. The Morgan fingerprint density at radius 2 is 2.00 bits per heavy atom. The first kappa shape index (κ1) is 16.7. The van der Waals surface area contributed by atoms with E-state index < -0.39 is 0 Å². The van der Waals surface area contributed by atoms with Crippen molar-refractivity contribution in [3.8, 4) is 0 Å². The van der Waals surface area contributed by atoms with Gasteiger partial charge in [0.25, 0.3) is 0 Å². The minimum absolute atomic E-state index is 0.143. The molecule has 1 fully saturated rings. The minimum atomic E-state index is -0.347. The molecule has 1 heterocycles. The van der Waals surface area contributed by atoms with Crippen molar-refractivity contribution in [2.24, 2.45) is 0 Å². The molecule has 21 heavy (non-hydrogen) atoms. The smallest absolute Gasteiger partial charge is 0.142 e.